The zero-order valence-electron chi connectivity index (χ0n) is 22.7. The second-order valence-electron chi connectivity index (χ2n) is 10.6. The van der Waals surface area contributed by atoms with Gasteiger partial charge in [0.25, 0.3) is 11.8 Å². The maximum atomic E-state index is 15.7. The largest absolute Gasteiger partial charge is 0.465 e. The zero-order chi connectivity index (χ0) is 29.5. The molecule has 12 nitrogen and oxygen atoms in total. The molecule has 220 valence electrons. The van der Waals surface area contributed by atoms with Crippen LogP contribution in [-0.4, -0.2) is 90.9 Å². The van der Waals surface area contributed by atoms with Crippen LogP contribution in [-0.2, 0) is 27.2 Å². The van der Waals surface area contributed by atoms with Crippen molar-refractivity contribution in [3.8, 4) is 5.88 Å². The van der Waals surface area contributed by atoms with Gasteiger partial charge in [-0.15, -0.1) is 0 Å². The Bertz CT molecular complexity index is 1390. The van der Waals surface area contributed by atoms with Crippen LogP contribution in [0.2, 0.25) is 0 Å². The van der Waals surface area contributed by atoms with E-state index in [4.69, 9.17) is 9.47 Å². The highest BCUT2D eigenvalue weighted by molar-refractivity contribution is 5.95. The fourth-order valence-electron chi connectivity index (χ4n) is 4.90. The number of halogens is 3. The Labute approximate surface area is 233 Å². The first-order valence-electron chi connectivity index (χ1n) is 13.1. The Morgan fingerprint density at radius 1 is 1.29 bits per heavy atom. The van der Waals surface area contributed by atoms with Crippen molar-refractivity contribution in [2.45, 2.75) is 44.0 Å². The highest BCUT2D eigenvalue weighted by Crippen LogP contribution is 2.38. The van der Waals surface area contributed by atoms with Gasteiger partial charge in [0, 0.05) is 25.5 Å². The van der Waals surface area contributed by atoms with E-state index in [2.05, 4.69) is 25.9 Å². The lowest BCUT2D eigenvalue weighted by molar-refractivity contribution is -0.120. The molecule has 3 heterocycles. The van der Waals surface area contributed by atoms with E-state index in [0.717, 1.165) is 6.07 Å². The minimum Gasteiger partial charge on any atom is -0.465 e. The fraction of sp³-hybridized carbons (Fsp3) is 0.500. The minimum absolute atomic E-state index is 0.0430. The number of carbonyl (C=O) groups is 3. The predicted octanol–water partition coefficient (Wildman–Crippen LogP) is 1.79. The van der Waals surface area contributed by atoms with E-state index in [1.165, 1.54) is 11.1 Å². The number of alkyl halides is 1. The Morgan fingerprint density at radius 3 is 2.80 bits per heavy atom. The fourth-order valence-corrected chi connectivity index (χ4v) is 4.90. The average Bonchev–Trinajstić information content (AvgIpc) is 3.48. The van der Waals surface area contributed by atoms with Gasteiger partial charge in [-0.05, 0) is 45.1 Å². The molecule has 1 aliphatic carbocycles. The summed E-state index contributed by atoms with van der Waals surface area (Å²) in [6, 6.07) is 0.311. The van der Waals surface area contributed by atoms with Crippen molar-refractivity contribution in [3.05, 3.63) is 35.0 Å². The molecule has 3 amide bonds. The van der Waals surface area contributed by atoms with Gasteiger partial charge in [0.2, 0.25) is 5.91 Å². The molecule has 3 aliphatic rings. The van der Waals surface area contributed by atoms with Crippen molar-refractivity contribution in [1.82, 2.24) is 20.2 Å². The molecule has 3 atom stereocenters. The molecule has 1 aromatic heterocycles. The second-order valence-corrected chi connectivity index (χ2v) is 10.6. The van der Waals surface area contributed by atoms with Crippen LogP contribution in [0.25, 0.3) is 0 Å². The molecule has 1 aromatic carbocycles. The van der Waals surface area contributed by atoms with Gasteiger partial charge in [-0.2, -0.15) is 0 Å². The number of benzene rings is 1. The smallest absolute Gasteiger partial charge is 0.415 e. The number of aromatic nitrogens is 2. The summed E-state index contributed by atoms with van der Waals surface area (Å²) in [5.41, 5.74) is -2.38. The SMILES string of the molecule is C[C@H](C(=O)Nc1cc(F)c2c(c1F)CC(F)(CNCCC1CN(c3cnc4c(n3)NC(=O)CO4)C(=O)O1)C2)N(C)C. The lowest BCUT2D eigenvalue weighted by Crippen LogP contribution is -2.38. The van der Waals surface area contributed by atoms with Crippen LogP contribution < -0.4 is 25.6 Å². The number of anilines is 3. The third-order valence-corrected chi connectivity index (χ3v) is 7.38. The Hall–Kier alpha value is -3.98. The van der Waals surface area contributed by atoms with Crippen LogP contribution in [0.3, 0.4) is 0 Å². The van der Waals surface area contributed by atoms with Crippen LogP contribution in [0, 0.1) is 11.6 Å². The van der Waals surface area contributed by atoms with E-state index in [0.29, 0.717) is 6.42 Å². The zero-order valence-corrected chi connectivity index (χ0v) is 22.7. The van der Waals surface area contributed by atoms with E-state index in [9.17, 15) is 18.8 Å². The number of nitrogens with one attached hydrogen (secondary N) is 3. The maximum Gasteiger partial charge on any atom is 0.415 e. The number of ether oxygens (including phenoxy) is 2. The molecule has 41 heavy (non-hydrogen) atoms. The summed E-state index contributed by atoms with van der Waals surface area (Å²) in [4.78, 5) is 47.4. The molecular weight excluding hydrogens is 547 g/mol. The van der Waals surface area contributed by atoms with E-state index >= 15 is 8.78 Å². The van der Waals surface area contributed by atoms with E-state index in [1.807, 2.05) is 0 Å². The summed E-state index contributed by atoms with van der Waals surface area (Å²) in [5, 5.41) is 7.88. The third-order valence-electron chi connectivity index (χ3n) is 7.38. The van der Waals surface area contributed by atoms with Gasteiger partial charge in [-0.3, -0.25) is 19.4 Å². The summed E-state index contributed by atoms with van der Waals surface area (Å²) in [7, 11) is 3.37. The lowest BCUT2D eigenvalue weighted by atomic mass is 10.0. The first-order chi connectivity index (χ1) is 19.4. The first-order valence-corrected chi connectivity index (χ1v) is 13.1. The Balaban J connectivity index is 1.14. The highest BCUT2D eigenvalue weighted by atomic mass is 19.1. The summed E-state index contributed by atoms with van der Waals surface area (Å²) in [6.45, 7) is 1.69. The van der Waals surface area contributed by atoms with Gasteiger partial charge in [0.1, 0.15) is 17.6 Å². The topological polar surface area (TPSA) is 138 Å². The van der Waals surface area contributed by atoms with Crippen molar-refractivity contribution in [1.29, 1.82) is 0 Å². The van der Waals surface area contributed by atoms with Crippen molar-refractivity contribution < 1.29 is 37.0 Å². The molecule has 0 saturated carbocycles. The van der Waals surface area contributed by atoms with E-state index in [1.54, 1.807) is 25.9 Å². The number of cyclic esters (lactones) is 1. The van der Waals surface area contributed by atoms with E-state index in [-0.39, 0.29) is 79.3 Å². The molecule has 1 fully saturated rings. The number of likely N-dealkylation sites (N-methyl/N-ethyl adjacent to an activating group) is 1. The number of hydrogen-bond acceptors (Lipinski definition) is 9. The lowest BCUT2D eigenvalue weighted by Gasteiger charge is -2.20. The number of fused-ring (bicyclic) bond motifs is 2. The second kappa shape index (κ2) is 11.1. The van der Waals surface area contributed by atoms with Crippen molar-refractivity contribution in [2.24, 2.45) is 0 Å². The van der Waals surface area contributed by atoms with Crippen molar-refractivity contribution in [2.75, 3.05) is 55.9 Å². The van der Waals surface area contributed by atoms with E-state index < -0.39 is 41.4 Å². The van der Waals surface area contributed by atoms with Crippen molar-refractivity contribution >= 4 is 35.2 Å². The van der Waals surface area contributed by atoms with Gasteiger partial charge in [0.05, 0.1) is 24.5 Å². The molecule has 1 saturated heterocycles. The van der Waals surface area contributed by atoms with Crippen LogP contribution in [0.4, 0.5) is 35.3 Å². The van der Waals surface area contributed by atoms with Gasteiger partial charge >= 0.3 is 6.09 Å². The Kier molecular flexibility index (Phi) is 7.74. The predicted molar refractivity (Wildman–Crippen MR) is 141 cm³/mol. The quantitative estimate of drug-likeness (QED) is 0.381. The van der Waals surface area contributed by atoms with Gasteiger partial charge < -0.3 is 25.4 Å². The van der Waals surface area contributed by atoms with Crippen LogP contribution in [0.5, 0.6) is 5.88 Å². The molecule has 2 unspecified atom stereocenters. The van der Waals surface area contributed by atoms with Crippen LogP contribution >= 0.6 is 0 Å². The van der Waals surface area contributed by atoms with Gasteiger partial charge in [-0.1, -0.05) is 0 Å². The van der Waals surface area contributed by atoms with Gasteiger partial charge in [0.15, 0.2) is 24.1 Å². The summed E-state index contributed by atoms with van der Waals surface area (Å²) < 4.78 is 56.2. The van der Waals surface area contributed by atoms with Crippen molar-refractivity contribution in [3.63, 3.8) is 0 Å². The van der Waals surface area contributed by atoms with Crippen LogP contribution in [0.15, 0.2) is 12.3 Å². The molecule has 3 N–H and O–H groups in total. The highest BCUT2D eigenvalue weighted by Gasteiger charge is 2.42. The molecule has 0 bridgehead atoms. The number of rotatable bonds is 9. The molecular formula is C26H30F3N7O5. The minimum atomic E-state index is -1.94. The summed E-state index contributed by atoms with van der Waals surface area (Å²) in [5.74, 6) is -2.08. The third kappa shape index (κ3) is 5.91. The molecule has 2 aromatic rings. The number of nitrogens with zero attached hydrogens (tertiary/aromatic N) is 4. The average molecular weight is 578 g/mol. The summed E-state index contributed by atoms with van der Waals surface area (Å²) in [6.07, 6.45) is -0.166. The normalized spacial score (nSPS) is 22.1. The number of amides is 3. The van der Waals surface area contributed by atoms with Crippen LogP contribution in [0.1, 0.15) is 24.5 Å². The number of carbonyl (C=O) groups excluding carboxylic acids is 3. The molecule has 0 radical (unpaired) electrons. The maximum absolute atomic E-state index is 15.7. The molecule has 2 aliphatic heterocycles. The molecule has 15 heteroatoms. The number of hydrogen-bond donors (Lipinski definition) is 3. The summed E-state index contributed by atoms with van der Waals surface area (Å²) >= 11 is 0. The molecule has 0 spiro atoms. The Morgan fingerprint density at radius 2 is 2.05 bits per heavy atom. The van der Waals surface area contributed by atoms with Gasteiger partial charge in [-0.25, -0.2) is 27.9 Å². The molecule has 5 rings (SSSR count). The monoisotopic (exact) mass is 577 g/mol. The first kappa shape index (κ1) is 28.5. The standard InChI is InChI=1S/C26H30F3N7O5/c1-13(35(2)3)23(38)32-18-6-17(27)15-7-26(29,8-16(15)21(18)28)12-30-5-4-14-10-36(25(39)41-14)19-9-31-24-22(33-19)34-20(37)11-40-24/h6,9,13-14,30H,4-5,7-8,10-12H2,1-3H3,(H,32,38)(H,33,34,37)/t13-,14?,26?/m1/s1.